The van der Waals surface area contributed by atoms with Gasteiger partial charge in [0.1, 0.15) is 5.82 Å². The smallest absolute Gasteiger partial charge is 0.126 e. The molecule has 0 amide bonds. The fourth-order valence-electron chi connectivity index (χ4n) is 3.48. The van der Waals surface area contributed by atoms with Crippen molar-refractivity contribution in [1.82, 2.24) is 10.6 Å². The molecule has 0 bridgehead atoms. The zero-order chi connectivity index (χ0) is 15.9. The minimum atomic E-state index is -0.0968. The largest absolute Gasteiger partial charge is 0.315 e. The van der Waals surface area contributed by atoms with Gasteiger partial charge in [-0.2, -0.15) is 0 Å². The first-order chi connectivity index (χ1) is 10.6. The zero-order valence-electron chi connectivity index (χ0n) is 14.2. The highest BCUT2D eigenvalue weighted by Gasteiger charge is 2.27. The molecule has 22 heavy (non-hydrogen) atoms. The van der Waals surface area contributed by atoms with Crippen molar-refractivity contribution in [3.05, 3.63) is 35.6 Å². The van der Waals surface area contributed by atoms with Crippen LogP contribution in [0.25, 0.3) is 0 Å². The van der Waals surface area contributed by atoms with Gasteiger partial charge in [-0.25, -0.2) is 4.39 Å². The molecule has 1 aliphatic carbocycles. The monoisotopic (exact) mass is 306 g/mol. The summed E-state index contributed by atoms with van der Waals surface area (Å²) >= 11 is 0. The number of halogens is 1. The summed E-state index contributed by atoms with van der Waals surface area (Å²) in [5.41, 5.74) is 0.797. The molecule has 0 radical (unpaired) electrons. The minimum Gasteiger partial charge on any atom is -0.315 e. The van der Waals surface area contributed by atoms with E-state index in [9.17, 15) is 4.39 Å². The normalized spacial score (nSPS) is 26.8. The van der Waals surface area contributed by atoms with Gasteiger partial charge in [-0.05, 0) is 49.8 Å². The highest BCUT2D eigenvalue weighted by molar-refractivity contribution is 5.17. The summed E-state index contributed by atoms with van der Waals surface area (Å²) in [7, 11) is 0. The van der Waals surface area contributed by atoms with Gasteiger partial charge in [0.25, 0.3) is 0 Å². The Hall–Kier alpha value is -0.930. The highest BCUT2D eigenvalue weighted by atomic mass is 19.1. The van der Waals surface area contributed by atoms with Crippen LogP contribution in [0, 0.1) is 17.7 Å². The molecule has 2 nitrogen and oxygen atoms in total. The predicted molar refractivity (Wildman–Crippen MR) is 91.5 cm³/mol. The summed E-state index contributed by atoms with van der Waals surface area (Å²) in [6.07, 6.45) is 4.76. The van der Waals surface area contributed by atoms with Crippen molar-refractivity contribution in [3.63, 3.8) is 0 Å². The summed E-state index contributed by atoms with van der Waals surface area (Å²) in [4.78, 5) is 0. The number of benzene rings is 1. The maximum Gasteiger partial charge on any atom is 0.126 e. The molecule has 1 aromatic rings. The zero-order valence-corrected chi connectivity index (χ0v) is 14.2. The van der Waals surface area contributed by atoms with Gasteiger partial charge in [0.05, 0.1) is 0 Å². The minimum absolute atomic E-state index is 0.0968. The van der Waals surface area contributed by atoms with Crippen molar-refractivity contribution in [2.75, 3.05) is 13.1 Å². The van der Waals surface area contributed by atoms with E-state index in [2.05, 4.69) is 31.4 Å². The summed E-state index contributed by atoms with van der Waals surface area (Å²) in [6.45, 7) is 8.74. The Balaban J connectivity index is 1.65. The molecule has 0 aliphatic heterocycles. The van der Waals surface area contributed by atoms with E-state index in [4.69, 9.17) is 0 Å². The topological polar surface area (TPSA) is 24.1 Å². The molecule has 1 aromatic carbocycles. The van der Waals surface area contributed by atoms with Crippen LogP contribution < -0.4 is 10.6 Å². The first-order valence-corrected chi connectivity index (χ1v) is 8.78. The third-order valence-electron chi connectivity index (χ3n) is 5.18. The molecule has 2 rings (SSSR count). The van der Waals surface area contributed by atoms with Gasteiger partial charge in [-0.15, -0.1) is 0 Å². The lowest BCUT2D eigenvalue weighted by Gasteiger charge is -2.36. The molecule has 124 valence electrons. The maximum absolute atomic E-state index is 13.5. The van der Waals surface area contributed by atoms with Gasteiger partial charge in [0.2, 0.25) is 0 Å². The summed E-state index contributed by atoms with van der Waals surface area (Å²) in [5, 5.41) is 7.22. The van der Waals surface area contributed by atoms with E-state index in [-0.39, 0.29) is 5.82 Å². The third-order valence-corrected chi connectivity index (χ3v) is 5.18. The van der Waals surface area contributed by atoms with Gasteiger partial charge in [-0.3, -0.25) is 0 Å². The Morgan fingerprint density at radius 3 is 2.77 bits per heavy atom. The van der Waals surface area contributed by atoms with Crippen LogP contribution in [-0.2, 0) is 6.42 Å². The van der Waals surface area contributed by atoms with E-state index >= 15 is 0 Å². The Kier molecular flexibility index (Phi) is 6.84. The number of nitrogens with one attached hydrogen (secondary N) is 2. The average molecular weight is 306 g/mol. The molecule has 0 spiro atoms. The van der Waals surface area contributed by atoms with Crippen molar-refractivity contribution in [3.8, 4) is 0 Å². The van der Waals surface area contributed by atoms with E-state index < -0.39 is 0 Å². The van der Waals surface area contributed by atoms with Crippen LogP contribution >= 0.6 is 0 Å². The van der Waals surface area contributed by atoms with Crippen molar-refractivity contribution in [1.29, 1.82) is 0 Å². The number of hydrogen-bond donors (Lipinski definition) is 2. The molecule has 1 fully saturated rings. The second-order valence-electron chi connectivity index (χ2n) is 6.99. The molecule has 1 saturated carbocycles. The fraction of sp³-hybridized carbons (Fsp3) is 0.684. The Morgan fingerprint density at radius 1 is 1.23 bits per heavy atom. The molecule has 1 aliphatic rings. The lowest BCUT2D eigenvalue weighted by atomic mass is 9.78. The summed E-state index contributed by atoms with van der Waals surface area (Å²) < 4.78 is 13.5. The third kappa shape index (κ3) is 5.06. The lowest BCUT2D eigenvalue weighted by Crippen LogP contribution is -2.48. The van der Waals surface area contributed by atoms with E-state index in [1.54, 1.807) is 6.07 Å². The van der Waals surface area contributed by atoms with Crippen molar-refractivity contribution in [2.24, 2.45) is 11.8 Å². The molecule has 4 atom stereocenters. The quantitative estimate of drug-likeness (QED) is 0.750. The SMILES string of the molecule is CC(CNCCc1ccccc1F)NC1CCCC(C)C1C. The van der Waals surface area contributed by atoms with E-state index in [0.29, 0.717) is 12.1 Å². The first-order valence-electron chi connectivity index (χ1n) is 8.78. The predicted octanol–water partition coefficient (Wildman–Crippen LogP) is 3.76. The van der Waals surface area contributed by atoms with Crippen LogP contribution in [0.5, 0.6) is 0 Å². The van der Waals surface area contributed by atoms with Gasteiger partial charge < -0.3 is 10.6 Å². The number of hydrogen-bond acceptors (Lipinski definition) is 2. The fourth-order valence-corrected chi connectivity index (χ4v) is 3.48. The highest BCUT2D eigenvalue weighted by Crippen LogP contribution is 2.29. The van der Waals surface area contributed by atoms with Crippen LogP contribution in [0.3, 0.4) is 0 Å². The van der Waals surface area contributed by atoms with Crippen molar-refractivity contribution >= 4 is 0 Å². The molecular formula is C19H31FN2. The van der Waals surface area contributed by atoms with Crippen LogP contribution in [0.4, 0.5) is 4.39 Å². The van der Waals surface area contributed by atoms with Gasteiger partial charge in [-0.1, -0.05) is 44.9 Å². The average Bonchev–Trinajstić information content (AvgIpc) is 2.50. The van der Waals surface area contributed by atoms with Crippen LogP contribution in [-0.4, -0.2) is 25.2 Å². The molecule has 0 saturated heterocycles. The Labute approximate surface area is 134 Å². The molecule has 0 heterocycles. The Bertz CT molecular complexity index is 449. The van der Waals surface area contributed by atoms with Gasteiger partial charge in [0.15, 0.2) is 0 Å². The van der Waals surface area contributed by atoms with Crippen LogP contribution in [0.2, 0.25) is 0 Å². The Morgan fingerprint density at radius 2 is 2.00 bits per heavy atom. The molecular weight excluding hydrogens is 275 g/mol. The van der Waals surface area contributed by atoms with Gasteiger partial charge in [0, 0.05) is 18.6 Å². The molecule has 3 heteroatoms. The molecule has 0 aromatic heterocycles. The molecule has 4 unspecified atom stereocenters. The van der Waals surface area contributed by atoms with E-state index in [1.165, 1.54) is 25.3 Å². The lowest BCUT2D eigenvalue weighted by molar-refractivity contribution is 0.195. The summed E-state index contributed by atoms with van der Waals surface area (Å²) in [5.74, 6) is 1.49. The number of rotatable bonds is 7. The van der Waals surface area contributed by atoms with E-state index in [1.807, 2.05) is 12.1 Å². The van der Waals surface area contributed by atoms with Crippen LogP contribution in [0.15, 0.2) is 24.3 Å². The standard InChI is InChI=1S/C19H31FN2/c1-14-7-6-10-19(16(14)3)22-15(2)13-21-12-11-17-8-4-5-9-18(17)20/h4-5,8-9,14-16,19,21-22H,6-7,10-13H2,1-3H3. The maximum atomic E-state index is 13.5. The second kappa shape index (κ2) is 8.64. The summed E-state index contributed by atoms with van der Waals surface area (Å²) in [6, 6.07) is 8.14. The van der Waals surface area contributed by atoms with Gasteiger partial charge >= 0.3 is 0 Å². The van der Waals surface area contributed by atoms with Crippen molar-refractivity contribution in [2.45, 2.75) is 58.5 Å². The second-order valence-corrected chi connectivity index (χ2v) is 6.99. The van der Waals surface area contributed by atoms with Crippen LogP contribution in [0.1, 0.15) is 45.6 Å². The molecule has 2 N–H and O–H groups in total. The van der Waals surface area contributed by atoms with Crippen molar-refractivity contribution < 1.29 is 4.39 Å². The first kappa shape index (κ1) is 17.4. The van der Waals surface area contributed by atoms with E-state index in [0.717, 1.165) is 36.9 Å².